The van der Waals surface area contributed by atoms with Gasteiger partial charge in [0.05, 0.1) is 11.7 Å². The van der Waals surface area contributed by atoms with E-state index in [1.165, 1.54) is 16.5 Å². The number of amides is 1. The van der Waals surface area contributed by atoms with Gasteiger partial charge in [0.1, 0.15) is 5.69 Å². The summed E-state index contributed by atoms with van der Waals surface area (Å²) in [5.74, 6) is 0.0839. The number of nitrogens with one attached hydrogen (secondary N) is 1. The molecule has 0 radical (unpaired) electrons. The molecule has 128 valence electrons. The van der Waals surface area contributed by atoms with E-state index in [-0.39, 0.29) is 11.9 Å². The number of H-pyrrole nitrogens is 1. The molecule has 25 heavy (non-hydrogen) atoms. The second-order valence-electron chi connectivity index (χ2n) is 6.99. The molecule has 1 N–H and O–H groups in total. The summed E-state index contributed by atoms with van der Waals surface area (Å²) in [6, 6.07) is 10.2. The van der Waals surface area contributed by atoms with Crippen LogP contribution in [-0.4, -0.2) is 27.3 Å². The zero-order chi connectivity index (χ0) is 17.6. The molecule has 2 aromatic heterocycles. The number of hydrogen-bond acceptors (Lipinski definition) is 2. The van der Waals surface area contributed by atoms with Crippen LogP contribution in [0.5, 0.6) is 0 Å². The van der Waals surface area contributed by atoms with E-state index in [0.29, 0.717) is 0 Å². The molecule has 3 heterocycles. The maximum absolute atomic E-state index is 13.3. The van der Waals surface area contributed by atoms with E-state index < -0.39 is 0 Å². The Balaban J connectivity index is 1.76. The van der Waals surface area contributed by atoms with Crippen LogP contribution in [0.4, 0.5) is 0 Å². The number of fused-ring (bicyclic) bond motifs is 1. The average molecular weight is 333 g/mol. The van der Waals surface area contributed by atoms with Crippen LogP contribution in [-0.2, 0) is 0 Å². The zero-order valence-electron chi connectivity index (χ0n) is 15.0. The molecule has 1 aliphatic rings. The minimum Gasteiger partial charge on any atom is -0.350 e. The van der Waals surface area contributed by atoms with Gasteiger partial charge in [-0.05, 0) is 62.4 Å². The van der Waals surface area contributed by atoms with Gasteiger partial charge >= 0.3 is 0 Å². The van der Waals surface area contributed by atoms with Crippen molar-refractivity contribution in [3.63, 3.8) is 0 Å². The molecule has 4 heteroatoms. The van der Waals surface area contributed by atoms with Gasteiger partial charge in [-0.3, -0.25) is 9.78 Å². The minimum absolute atomic E-state index is 0.0710. The molecular formula is C21H23N3O. The van der Waals surface area contributed by atoms with E-state index in [1.54, 1.807) is 6.20 Å². The van der Waals surface area contributed by atoms with E-state index in [1.807, 2.05) is 30.0 Å². The van der Waals surface area contributed by atoms with E-state index in [2.05, 4.69) is 35.9 Å². The lowest BCUT2D eigenvalue weighted by Crippen LogP contribution is -2.31. The van der Waals surface area contributed by atoms with Crippen LogP contribution < -0.4 is 0 Å². The van der Waals surface area contributed by atoms with Gasteiger partial charge in [-0.25, -0.2) is 0 Å². The molecule has 4 rings (SSSR count). The van der Waals surface area contributed by atoms with E-state index in [4.69, 9.17) is 0 Å². The second-order valence-corrected chi connectivity index (χ2v) is 6.99. The third-order valence-corrected chi connectivity index (χ3v) is 5.38. The third kappa shape index (κ3) is 2.53. The van der Waals surface area contributed by atoms with Gasteiger partial charge < -0.3 is 9.88 Å². The number of aromatic nitrogens is 2. The van der Waals surface area contributed by atoms with Gasteiger partial charge in [-0.2, -0.15) is 0 Å². The highest BCUT2D eigenvalue weighted by Gasteiger charge is 2.33. The van der Waals surface area contributed by atoms with Crippen molar-refractivity contribution in [1.82, 2.24) is 14.9 Å². The van der Waals surface area contributed by atoms with E-state index in [0.717, 1.165) is 41.9 Å². The number of benzene rings is 1. The summed E-state index contributed by atoms with van der Waals surface area (Å²) in [4.78, 5) is 23.2. The standard InChI is InChI=1S/C21H23N3O/c1-13-9-10-14(2)19-18(13)15(3)20(23-19)21(25)24-12-6-8-17(24)16-7-4-5-11-22-16/h4-5,7,9-11,17,23H,6,8,12H2,1-3H3. The first-order valence-electron chi connectivity index (χ1n) is 8.88. The number of pyridine rings is 1. The Morgan fingerprint density at radius 3 is 2.68 bits per heavy atom. The fourth-order valence-electron chi connectivity index (χ4n) is 4.05. The first kappa shape index (κ1) is 15.9. The van der Waals surface area contributed by atoms with E-state index in [9.17, 15) is 4.79 Å². The van der Waals surface area contributed by atoms with Gasteiger partial charge in [-0.1, -0.05) is 18.2 Å². The Morgan fingerprint density at radius 1 is 1.16 bits per heavy atom. The van der Waals surface area contributed by atoms with Crippen LogP contribution in [0.2, 0.25) is 0 Å². The molecule has 1 aliphatic heterocycles. The molecule has 1 fully saturated rings. The van der Waals surface area contributed by atoms with Crippen LogP contribution in [0.3, 0.4) is 0 Å². The first-order chi connectivity index (χ1) is 12.1. The van der Waals surface area contributed by atoms with Crippen LogP contribution in [0.25, 0.3) is 10.9 Å². The van der Waals surface area contributed by atoms with Crippen molar-refractivity contribution >= 4 is 16.8 Å². The maximum atomic E-state index is 13.3. The molecule has 0 bridgehead atoms. The summed E-state index contributed by atoms with van der Waals surface area (Å²) < 4.78 is 0. The summed E-state index contributed by atoms with van der Waals surface area (Å²) >= 11 is 0. The fraction of sp³-hybridized carbons (Fsp3) is 0.333. The Morgan fingerprint density at radius 2 is 1.96 bits per heavy atom. The third-order valence-electron chi connectivity index (χ3n) is 5.38. The van der Waals surface area contributed by atoms with Crippen molar-refractivity contribution in [2.75, 3.05) is 6.54 Å². The van der Waals surface area contributed by atoms with Crippen LogP contribution in [0, 0.1) is 20.8 Å². The Hall–Kier alpha value is -2.62. The molecule has 3 aromatic rings. The number of nitrogens with zero attached hydrogens (tertiary/aromatic N) is 2. The summed E-state index contributed by atoms with van der Waals surface area (Å²) in [5.41, 5.74) is 6.20. The predicted molar refractivity (Wildman–Crippen MR) is 99.8 cm³/mol. The highest BCUT2D eigenvalue weighted by atomic mass is 16.2. The molecule has 0 saturated carbocycles. The van der Waals surface area contributed by atoms with Crippen LogP contribution >= 0.6 is 0 Å². The van der Waals surface area contributed by atoms with Crippen molar-refractivity contribution in [2.24, 2.45) is 0 Å². The Bertz CT molecular complexity index is 943. The highest BCUT2D eigenvalue weighted by molar-refractivity contribution is 6.02. The second kappa shape index (κ2) is 6.03. The van der Waals surface area contributed by atoms with Gasteiger partial charge in [0.25, 0.3) is 5.91 Å². The number of hydrogen-bond donors (Lipinski definition) is 1. The molecule has 1 aromatic carbocycles. The molecular weight excluding hydrogens is 310 g/mol. The van der Waals surface area contributed by atoms with E-state index >= 15 is 0 Å². The minimum atomic E-state index is 0.0710. The molecule has 1 atom stereocenters. The van der Waals surface area contributed by atoms with Crippen LogP contribution in [0.15, 0.2) is 36.5 Å². The summed E-state index contributed by atoms with van der Waals surface area (Å²) in [6.07, 6.45) is 3.79. The van der Waals surface area contributed by atoms with Gasteiger partial charge in [-0.15, -0.1) is 0 Å². The van der Waals surface area contributed by atoms with Crippen molar-refractivity contribution in [3.05, 3.63) is 64.6 Å². The van der Waals surface area contributed by atoms with Crippen molar-refractivity contribution in [2.45, 2.75) is 39.7 Å². The number of carbonyl (C=O) groups is 1. The molecule has 1 saturated heterocycles. The highest BCUT2D eigenvalue weighted by Crippen LogP contribution is 2.34. The molecule has 0 spiro atoms. The number of aryl methyl sites for hydroxylation is 3. The summed E-state index contributed by atoms with van der Waals surface area (Å²) in [7, 11) is 0. The smallest absolute Gasteiger partial charge is 0.271 e. The lowest BCUT2D eigenvalue weighted by molar-refractivity contribution is 0.0727. The molecule has 1 amide bonds. The molecule has 0 aliphatic carbocycles. The Kier molecular flexibility index (Phi) is 3.83. The largest absolute Gasteiger partial charge is 0.350 e. The molecule has 1 unspecified atom stereocenters. The Labute approximate surface area is 147 Å². The average Bonchev–Trinajstić information content (AvgIpc) is 3.24. The lowest BCUT2D eigenvalue weighted by Gasteiger charge is -2.24. The maximum Gasteiger partial charge on any atom is 0.271 e. The SMILES string of the molecule is Cc1ccc(C)c2c(C)c(C(=O)N3CCCC3c3ccccn3)[nH]c12. The number of carbonyl (C=O) groups excluding carboxylic acids is 1. The monoisotopic (exact) mass is 333 g/mol. The fourth-order valence-corrected chi connectivity index (χ4v) is 4.05. The summed E-state index contributed by atoms with van der Waals surface area (Å²) in [6.45, 7) is 7.01. The first-order valence-corrected chi connectivity index (χ1v) is 8.88. The normalized spacial score (nSPS) is 17.4. The molecule has 4 nitrogen and oxygen atoms in total. The number of likely N-dealkylation sites (tertiary alicyclic amines) is 1. The predicted octanol–water partition coefficient (Wildman–Crippen LogP) is 4.47. The van der Waals surface area contributed by atoms with Crippen molar-refractivity contribution in [1.29, 1.82) is 0 Å². The van der Waals surface area contributed by atoms with Crippen molar-refractivity contribution in [3.8, 4) is 0 Å². The number of rotatable bonds is 2. The van der Waals surface area contributed by atoms with Gasteiger partial charge in [0, 0.05) is 23.6 Å². The van der Waals surface area contributed by atoms with Crippen LogP contribution in [0.1, 0.15) is 51.8 Å². The quantitative estimate of drug-likeness (QED) is 0.752. The van der Waals surface area contributed by atoms with Crippen molar-refractivity contribution < 1.29 is 4.79 Å². The number of aromatic amines is 1. The summed E-state index contributed by atoms with van der Waals surface area (Å²) in [5, 5.41) is 1.18. The van der Waals surface area contributed by atoms with Gasteiger partial charge in [0.15, 0.2) is 0 Å². The topological polar surface area (TPSA) is 49.0 Å². The van der Waals surface area contributed by atoms with Gasteiger partial charge in [0.2, 0.25) is 0 Å². The lowest BCUT2D eigenvalue weighted by atomic mass is 10.0. The zero-order valence-corrected chi connectivity index (χ0v) is 15.0.